The molecular weight excluding hydrogens is 288 g/mol. The van der Waals surface area contributed by atoms with Crippen LogP contribution in [-0.2, 0) is 9.59 Å². The van der Waals surface area contributed by atoms with Gasteiger partial charge < -0.3 is 10.6 Å². The number of carbonyl (C=O) groups excluding carboxylic acids is 2. The standard InChI is InChI=1S/C19H22N2O2/c1-12(2)15-7-5-6-8-16(15)20-18(22)19(23)21-17-11-13(3)9-10-14(17)4/h5-12H,1-4H3,(H,20,22)(H,21,23). The van der Waals surface area contributed by atoms with Gasteiger partial charge in [0.2, 0.25) is 0 Å². The van der Waals surface area contributed by atoms with Crippen molar-refractivity contribution >= 4 is 23.2 Å². The van der Waals surface area contributed by atoms with Crippen molar-refractivity contribution in [1.29, 1.82) is 0 Å². The predicted molar refractivity (Wildman–Crippen MR) is 93.7 cm³/mol. The van der Waals surface area contributed by atoms with Gasteiger partial charge in [-0.25, -0.2) is 0 Å². The molecule has 120 valence electrons. The minimum atomic E-state index is -0.669. The van der Waals surface area contributed by atoms with E-state index in [4.69, 9.17) is 0 Å². The van der Waals surface area contributed by atoms with Crippen molar-refractivity contribution in [2.24, 2.45) is 0 Å². The summed E-state index contributed by atoms with van der Waals surface area (Å²) in [5, 5.41) is 5.36. The van der Waals surface area contributed by atoms with E-state index in [1.807, 2.05) is 64.1 Å². The highest BCUT2D eigenvalue weighted by Gasteiger charge is 2.17. The molecule has 2 aromatic rings. The summed E-state index contributed by atoms with van der Waals surface area (Å²) in [7, 11) is 0. The van der Waals surface area contributed by atoms with Crippen LogP contribution in [0.5, 0.6) is 0 Å². The Kier molecular flexibility index (Phi) is 5.16. The van der Waals surface area contributed by atoms with Crippen LogP contribution in [0.4, 0.5) is 11.4 Å². The molecule has 0 bridgehead atoms. The summed E-state index contributed by atoms with van der Waals surface area (Å²) in [4.78, 5) is 24.3. The van der Waals surface area contributed by atoms with Crippen LogP contribution in [0.15, 0.2) is 42.5 Å². The Morgan fingerprint density at radius 3 is 2.13 bits per heavy atom. The van der Waals surface area contributed by atoms with E-state index in [-0.39, 0.29) is 5.92 Å². The van der Waals surface area contributed by atoms with Crippen LogP contribution in [0.25, 0.3) is 0 Å². The van der Waals surface area contributed by atoms with Gasteiger partial charge in [-0.15, -0.1) is 0 Å². The van der Waals surface area contributed by atoms with Crippen LogP contribution in [0.2, 0.25) is 0 Å². The normalized spacial score (nSPS) is 10.5. The molecule has 0 atom stereocenters. The molecule has 2 aromatic carbocycles. The SMILES string of the molecule is Cc1ccc(C)c(NC(=O)C(=O)Nc2ccccc2C(C)C)c1. The zero-order chi connectivity index (χ0) is 17.0. The molecule has 4 heteroatoms. The van der Waals surface area contributed by atoms with Crippen molar-refractivity contribution in [3.05, 3.63) is 59.2 Å². The number of carbonyl (C=O) groups is 2. The Morgan fingerprint density at radius 1 is 0.870 bits per heavy atom. The molecule has 0 spiro atoms. The number of aryl methyl sites for hydroxylation is 2. The fraction of sp³-hybridized carbons (Fsp3) is 0.263. The summed E-state index contributed by atoms with van der Waals surface area (Å²) in [5.74, 6) is -1.08. The van der Waals surface area contributed by atoms with E-state index in [1.165, 1.54) is 0 Å². The molecule has 4 nitrogen and oxygen atoms in total. The summed E-state index contributed by atoms with van der Waals surface area (Å²) in [6.45, 7) is 7.91. The van der Waals surface area contributed by atoms with Gasteiger partial charge in [-0.3, -0.25) is 9.59 Å². The molecule has 0 heterocycles. The van der Waals surface area contributed by atoms with E-state index in [1.54, 1.807) is 6.07 Å². The fourth-order valence-electron chi connectivity index (χ4n) is 2.34. The number of benzene rings is 2. The molecule has 0 aliphatic heterocycles. The molecule has 2 N–H and O–H groups in total. The lowest BCUT2D eigenvalue weighted by Gasteiger charge is -2.14. The minimum Gasteiger partial charge on any atom is -0.318 e. The van der Waals surface area contributed by atoms with Crippen LogP contribution in [0.1, 0.15) is 36.5 Å². The molecule has 0 saturated heterocycles. The van der Waals surface area contributed by atoms with Gasteiger partial charge >= 0.3 is 11.8 Å². The number of hydrogen-bond acceptors (Lipinski definition) is 2. The molecule has 2 rings (SSSR count). The van der Waals surface area contributed by atoms with E-state index in [9.17, 15) is 9.59 Å². The van der Waals surface area contributed by atoms with E-state index in [0.717, 1.165) is 16.7 Å². The van der Waals surface area contributed by atoms with Crippen molar-refractivity contribution in [2.75, 3.05) is 10.6 Å². The monoisotopic (exact) mass is 310 g/mol. The molecule has 0 saturated carbocycles. The number of anilines is 2. The third kappa shape index (κ3) is 4.19. The van der Waals surface area contributed by atoms with Crippen molar-refractivity contribution < 1.29 is 9.59 Å². The fourth-order valence-corrected chi connectivity index (χ4v) is 2.34. The van der Waals surface area contributed by atoms with Gasteiger partial charge in [0.1, 0.15) is 0 Å². The summed E-state index contributed by atoms with van der Waals surface area (Å²) in [5.41, 5.74) is 4.27. The van der Waals surface area contributed by atoms with Crippen molar-refractivity contribution in [3.8, 4) is 0 Å². The van der Waals surface area contributed by atoms with Crippen LogP contribution in [0, 0.1) is 13.8 Å². The number of hydrogen-bond donors (Lipinski definition) is 2. The lowest BCUT2D eigenvalue weighted by atomic mass is 10.0. The number of nitrogens with one attached hydrogen (secondary N) is 2. The van der Waals surface area contributed by atoms with Crippen LogP contribution in [0.3, 0.4) is 0 Å². The Morgan fingerprint density at radius 2 is 1.48 bits per heavy atom. The average Bonchev–Trinajstić information content (AvgIpc) is 2.51. The third-order valence-electron chi connectivity index (χ3n) is 3.68. The number of para-hydroxylation sites is 1. The molecule has 0 aliphatic carbocycles. The van der Waals surface area contributed by atoms with E-state index in [0.29, 0.717) is 11.4 Å². The molecule has 0 aliphatic rings. The number of rotatable bonds is 3. The summed E-state index contributed by atoms with van der Waals surface area (Å²) < 4.78 is 0. The first kappa shape index (κ1) is 16.7. The summed E-state index contributed by atoms with van der Waals surface area (Å²) in [6, 6.07) is 13.2. The molecule has 2 amide bonds. The molecular formula is C19H22N2O2. The second-order valence-corrected chi connectivity index (χ2v) is 5.97. The van der Waals surface area contributed by atoms with Gasteiger partial charge in [-0.1, -0.05) is 44.2 Å². The molecule has 0 aromatic heterocycles. The summed E-state index contributed by atoms with van der Waals surface area (Å²) >= 11 is 0. The molecule has 0 fully saturated rings. The summed E-state index contributed by atoms with van der Waals surface area (Å²) in [6.07, 6.45) is 0. The van der Waals surface area contributed by atoms with Crippen LogP contribution >= 0.6 is 0 Å². The van der Waals surface area contributed by atoms with Crippen molar-refractivity contribution in [2.45, 2.75) is 33.6 Å². The average molecular weight is 310 g/mol. The second kappa shape index (κ2) is 7.09. The van der Waals surface area contributed by atoms with Gasteiger partial charge in [-0.05, 0) is 48.6 Å². The van der Waals surface area contributed by atoms with Crippen LogP contribution in [-0.4, -0.2) is 11.8 Å². The van der Waals surface area contributed by atoms with Crippen LogP contribution < -0.4 is 10.6 Å². The smallest absolute Gasteiger partial charge is 0.314 e. The highest BCUT2D eigenvalue weighted by Crippen LogP contribution is 2.23. The Balaban J connectivity index is 2.12. The largest absolute Gasteiger partial charge is 0.318 e. The van der Waals surface area contributed by atoms with Gasteiger partial charge in [-0.2, -0.15) is 0 Å². The maximum absolute atomic E-state index is 12.2. The highest BCUT2D eigenvalue weighted by atomic mass is 16.2. The zero-order valence-electron chi connectivity index (χ0n) is 13.9. The third-order valence-corrected chi connectivity index (χ3v) is 3.68. The van der Waals surface area contributed by atoms with Crippen molar-refractivity contribution in [1.82, 2.24) is 0 Å². The van der Waals surface area contributed by atoms with Gasteiger partial charge in [0.15, 0.2) is 0 Å². The maximum atomic E-state index is 12.2. The predicted octanol–water partition coefficient (Wildman–Crippen LogP) is 4.00. The van der Waals surface area contributed by atoms with E-state index < -0.39 is 11.8 Å². The van der Waals surface area contributed by atoms with Gasteiger partial charge in [0.25, 0.3) is 0 Å². The van der Waals surface area contributed by atoms with Crippen molar-refractivity contribution in [3.63, 3.8) is 0 Å². The molecule has 23 heavy (non-hydrogen) atoms. The topological polar surface area (TPSA) is 58.2 Å². The number of amides is 2. The minimum absolute atomic E-state index is 0.258. The lowest BCUT2D eigenvalue weighted by molar-refractivity contribution is -0.133. The molecule has 0 radical (unpaired) electrons. The first-order valence-corrected chi connectivity index (χ1v) is 7.67. The zero-order valence-corrected chi connectivity index (χ0v) is 13.9. The highest BCUT2D eigenvalue weighted by molar-refractivity contribution is 6.43. The van der Waals surface area contributed by atoms with Gasteiger partial charge in [0, 0.05) is 11.4 Å². The van der Waals surface area contributed by atoms with Gasteiger partial charge in [0.05, 0.1) is 0 Å². The van der Waals surface area contributed by atoms with E-state index in [2.05, 4.69) is 10.6 Å². The maximum Gasteiger partial charge on any atom is 0.314 e. The lowest BCUT2D eigenvalue weighted by Crippen LogP contribution is -2.29. The first-order chi connectivity index (χ1) is 10.9. The molecule has 0 unspecified atom stereocenters. The van der Waals surface area contributed by atoms with E-state index >= 15 is 0 Å². The quantitative estimate of drug-likeness (QED) is 0.842. The first-order valence-electron chi connectivity index (χ1n) is 7.67. The Labute approximate surface area is 136 Å². The Bertz CT molecular complexity index is 736. The Hall–Kier alpha value is -2.62. The second-order valence-electron chi connectivity index (χ2n) is 5.97.